The van der Waals surface area contributed by atoms with Gasteiger partial charge in [-0.25, -0.2) is 0 Å². The van der Waals surface area contributed by atoms with Gasteiger partial charge in [0.2, 0.25) is 0 Å². The number of carbonyl (C=O) groups is 1. The predicted octanol–water partition coefficient (Wildman–Crippen LogP) is 3.12. The Morgan fingerprint density at radius 1 is 1.41 bits per heavy atom. The zero-order valence-electron chi connectivity index (χ0n) is 11.2. The molecule has 1 saturated carbocycles. The Morgan fingerprint density at radius 3 is 2.76 bits per heavy atom. The molecule has 0 amide bonds. The fourth-order valence-electron chi connectivity index (χ4n) is 3.88. The number of ketones is 1. The number of rotatable bonds is 1. The highest BCUT2D eigenvalue weighted by Crippen LogP contribution is 2.58. The predicted molar refractivity (Wildman–Crippen MR) is 66.7 cm³/mol. The highest BCUT2D eigenvalue weighted by Gasteiger charge is 2.63. The van der Waals surface area contributed by atoms with Crippen LogP contribution in [0.2, 0.25) is 0 Å². The van der Waals surface area contributed by atoms with Gasteiger partial charge in [0, 0.05) is 6.42 Å². The molecular formula is C15H22O2. The van der Waals surface area contributed by atoms with Gasteiger partial charge in [0.1, 0.15) is 11.7 Å². The van der Waals surface area contributed by atoms with Crippen molar-refractivity contribution < 1.29 is 9.53 Å². The van der Waals surface area contributed by atoms with Crippen LogP contribution in [-0.4, -0.2) is 17.5 Å². The van der Waals surface area contributed by atoms with Crippen LogP contribution in [0.15, 0.2) is 11.1 Å². The quantitative estimate of drug-likeness (QED) is 0.652. The average molecular weight is 234 g/mol. The van der Waals surface area contributed by atoms with Crippen molar-refractivity contribution in [2.75, 3.05) is 0 Å². The normalized spacial score (nSPS) is 44.8. The van der Waals surface area contributed by atoms with E-state index < -0.39 is 0 Å². The number of carbonyl (C=O) groups excluding carboxylic acids is 1. The molecule has 2 heteroatoms. The summed E-state index contributed by atoms with van der Waals surface area (Å²) in [6, 6.07) is 0. The fraction of sp³-hybridized carbons (Fsp3) is 0.800. The molecule has 0 N–H and O–H groups in total. The summed E-state index contributed by atoms with van der Waals surface area (Å²) >= 11 is 0. The van der Waals surface area contributed by atoms with E-state index in [-0.39, 0.29) is 11.7 Å². The van der Waals surface area contributed by atoms with E-state index in [1.807, 2.05) is 6.92 Å². The van der Waals surface area contributed by atoms with Crippen molar-refractivity contribution in [3.8, 4) is 0 Å². The second kappa shape index (κ2) is 3.44. The Bertz CT molecular complexity index is 407. The lowest BCUT2D eigenvalue weighted by atomic mass is 9.85. The summed E-state index contributed by atoms with van der Waals surface area (Å²) in [6.07, 6.45) is 3.35. The minimum absolute atomic E-state index is 0.0597. The molecule has 2 fully saturated rings. The Kier molecular flexibility index (Phi) is 2.32. The number of hydrogen-bond acceptors (Lipinski definition) is 2. The largest absolute Gasteiger partial charge is 0.361 e. The van der Waals surface area contributed by atoms with Gasteiger partial charge in [-0.2, -0.15) is 0 Å². The molecule has 0 unspecified atom stereocenters. The molecule has 2 nitrogen and oxygen atoms in total. The number of Topliss-reactive ketones (excluding diaryl/α,β-unsaturated/α-hetero) is 1. The number of epoxide rings is 1. The van der Waals surface area contributed by atoms with Gasteiger partial charge < -0.3 is 4.74 Å². The summed E-state index contributed by atoms with van der Waals surface area (Å²) in [5.74, 6) is 2.01. The molecule has 0 spiro atoms. The molecule has 3 rings (SSSR count). The van der Waals surface area contributed by atoms with Crippen LogP contribution in [-0.2, 0) is 9.53 Å². The minimum atomic E-state index is 0.0597. The van der Waals surface area contributed by atoms with Crippen LogP contribution in [0.1, 0.15) is 47.0 Å². The first-order chi connectivity index (χ1) is 7.97. The molecule has 0 aromatic carbocycles. The summed E-state index contributed by atoms with van der Waals surface area (Å²) in [6.45, 7) is 8.80. The van der Waals surface area contributed by atoms with Crippen molar-refractivity contribution in [2.45, 2.75) is 58.7 Å². The van der Waals surface area contributed by atoms with E-state index in [4.69, 9.17) is 4.74 Å². The van der Waals surface area contributed by atoms with Crippen LogP contribution in [0.3, 0.4) is 0 Å². The zero-order valence-corrected chi connectivity index (χ0v) is 11.2. The lowest BCUT2D eigenvalue weighted by Crippen LogP contribution is -2.22. The van der Waals surface area contributed by atoms with E-state index in [2.05, 4.69) is 20.8 Å². The van der Waals surface area contributed by atoms with Crippen molar-refractivity contribution >= 4 is 5.78 Å². The molecule has 1 heterocycles. The van der Waals surface area contributed by atoms with Gasteiger partial charge in [0.15, 0.2) is 5.78 Å². The van der Waals surface area contributed by atoms with Crippen LogP contribution in [0.5, 0.6) is 0 Å². The van der Waals surface area contributed by atoms with E-state index in [1.165, 1.54) is 12.0 Å². The minimum Gasteiger partial charge on any atom is -0.361 e. The van der Waals surface area contributed by atoms with Crippen LogP contribution in [0.25, 0.3) is 0 Å². The van der Waals surface area contributed by atoms with Gasteiger partial charge in [-0.1, -0.05) is 20.8 Å². The highest BCUT2D eigenvalue weighted by molar-refractivity contribution is 5.99. The third kappa shape index (κ3) is 1.40. The first kappa shape index (κ1) is 11.5. The van der Waals surface area contributed by atoms with Crippen LogP contribution in [0, 0.1) is 17.8 Å². The average Bonchev–Trinajstić information content (AvgIpc) is 2.94. The monoisotopic (exact) mass is 234 g/mol. The second-order valence-corrected chi connectivity index (χ2v) is 6.44. The molecule has 17 heavy (non-hydrogen) atoms. The lowest BCUT2D eigenvalue weighted by Gasteiger charge is -2.19. The third-order valence-electron chi connectivity index (χ3n) is 5.32. The first-order valence-corrected chi connectivity index (χ1v) is 6.89. The molecule has 1 saturated heterocycles. The van der Waals surface area contributed by atoms with Crippen molar-refractivity contribution in [2.24, 2.45) is 17.8 Å². The maximum atomic E-state index is 11.9. The second-order valence-electron chi connectivity index (χ2n) is 6.44. The van der Waals surface area contributed by atoms with Gasteiger partial charge in [-0.15, -0.1) is 0 Å². The highest BCUT2D eigenvalue weighted by atomic mass is 16.6. The molecule has 94 valence electrons. The first-order valence-electron chi connectivity index (χ1n) is 6.89. The van der Waals surface area contributed by atoms with Gasteiger partial charge in [-0.05, 0) is 48.7 Å². The third-order valence-corrected chi connectivity index (χ3v) is 5.32. The molecular weight excluding hydrogens is 212 g/mol. The van der Waals surface area contributed by atoms with Gasteiger partial charge in [-0.3, -0.25) is 4.79 Å². The molecule has 4 atom stereocenters. The Morgan fingerprint density at radius 2 is 2.12 bits per heavy atom. The SMILES string of the molecule is CC1=C2[C@@H](CC1=O)[C@@H](C)CC[C@@]1(C(C)C)O[C@@H]21. The summed E-state index contributed by atoms with van der Waals surface area (Å²) in [7, 11) is 0. The Labute approximate surface area is 103 Å². The van der Waals surface area contributed by atoms with E-state index >= 15 is 0 Å². The summed E-state index contributed by atoms with van der Waals surface area (Å²) in [5, 5.41) is 0. The standard InChI is InChI=1S/C15H22O2/c1-8(2)15-6-5-9(3)11-7-12(16)10(4)13(11)14(15)17-15/h8-9,11,14H,5-7H2,1-4H3/t9-,11-,14-,15-/m0/s1. The van der Waals surface area contributed by atoms with Crippen LogP contribution >= 0.6 is 0 Å². The summed E-state index contributed by atoms with van der Waals surface area (Å²) < 4.78 is 6.08. The van der Waals surface area contributed by atoms with Gasteiger partial charge >= 0.3 is 0 Å². The molecule has 0 bridgehead atoms. The topological polar surface area (TPSA) is 29.6 Å². The maximum absolute atomic E-state index is 11.9. The van der Waals surface area contributed by atoms with Gasteiger partial charge in [0.05, 0.1) is 0 Å². The smallest absolute Gasteiger partial charge is 0.159 e. The molecule has 1 aliphatic heterocycles. The lowest BCUT2D eigenvalue weighted by molar-refractivity contribution is -0.115. The van der Waals surface area contributed by atoms with Crippen LogP contribution in [0.4, 0.5) is 0 Å². The Balaban J connectivity index is 2.02. The van der Waals surface area contributed by atoms with Crippen molar-refractivity contribution in [3.63, 3.8) is 0 Å². The molecule has 0 aromatic heterocycles. The van der Waals surface area contributed by atoms with Crippen LogP contribution < -0.4 is 0 Å². The van der Waals surface area contributed by atoms with E-state index in [0.717, 1.165) is 18.4 Å². The number of hydrogen-bond donors (Lipinski definition) is 0. The van der Waals surface area contributed by atoms with Crippen molar-refractivity contribution in [1.29, 1.82) is 0 Å². The molecule has 3 aliphatic rings. The van der Waals surface area contributed by atoms with E-state index in [1.54, 1.807) is 0 Å². The molecule has 0 radical (unpaired) electrons. The van der Waals surface area contributed by atoms with Crippen molar-refractivity contribution in [3.05, 3.63) is 11.1 Å². The number of ether oxygens (including phenoxy) is 1. The van der Waals surface area contributed by atoms with E-state index in [0.29, 0.717) is 23.5 Å². The fourth-order valence-corrected chi connectivity index (χ4v) is 3.88. The molecule has 2 aliphatic carbocycles. The summed E-state index contributed by atoms with van der Waals surface area (Å²) in [4.78, 5) is 11.9. The van der Waals surface area contributed by atoms with Crippen molar-refractivity contribution in [1.82, 2.24) is 0 Å². The molecule has 0 aromatic rings. The summed E-state index contributed by atoms with van der Waals surface area (Å²) in [5.41, 5.74) is 2.43. The maximum Gasteiger partial charge on any atom is 0.159 e. The number of fused-ring (bicyclic) bond motifs is 3. The Hall–Kier alpha value is -0.630. The zero-order chi connectivity index (χ0) is 12.4. The number of allylic oxidation sites excluding steroid dienone is 1. The van der Waals surface area contributed by atoms with E-state index in [9.17, 15) is 4.79 Å². The van der Waals surface area contributed by atoms with Gasteiger partial charge in [0.25, 0.3) is 0 Å².